The van der Waals surface area contributed by atoms with E-state index in [1.165, 1.54) is 18.3 Å². The van der Waals surface area contributed by atoms with Crippen LogP contribution in [0, 0.1) is 5.82 Å². The zero-order valence-corrected chi connectivity index (χ0v) is 20.2. The van der Waals surface area contributed by atoms with Gasteiger partial charge in [-0.2, -0.15) is 0 Å². The van der Waals surface area contributed by atoms with Crippen molar-refractivity contribution in [3.05, 3.63) is 72.6 Å². The maximum Gasteiger partial charge on any atom is 0.242 e. The van der Waals surface area contributed by atoms with Crippen molar-refractivity contribution in [2.24, 2.45) is 0 Å². The Morgan fingerprint density at radius 1 is 1.14 bits per heavy atom. The predicted octanol–water partition coefficient (Wildman–Crippen LogP) is 3.25. The lowest BCUT2D eigenvalue weighted by Crippen LogP contribution is -2.35. The summed E-state index contributed by atoms with van der Waals surface area (Å²) in [5.41, 5.74) is 1.48. The lowest BCUT2D eigenvalue weighted by molar-refractivity contribution is 0.566. The van der Waals surface area contributed by atoms with Gasteiger partial charge in [-0.05, 0) is 49.2 Å². The molecule has 4 aromatic rings. The van der Waals surface area contributed by atoms with Crippen LogP contribution in [-0.2, 0) is 10.0 Å². The maximum absolute atomic E-state index is 13.2. The molecule has 5 rings (SSSR count). The van der Waals surface area contributed by atoms with E-state index in [0.29, 0.717) is 11.4 Å². The molecule has 2 N–H and O–H groups in total. The van der Waals surface area contributed by atoms with E-state index in [0.717, 1.165) is 36.4 Å². The highest BCUT2D eigenvalue weighted by atomic mass is 32.2. The Kier molecular flexibility index (Phi) is 6.12. The van der Waals surface area contributed by atoms with E-state index < -0.39 is 16.1 Å². The highest BCUT2D eigenvalue weighted by Gasteiger charge is 2.29. The molecule has 4 heterocycles. The van der Waals surface area contributed by atoms with Gasteiger partial charge in [0.15, 0.2) is 0 Å². The van der Waals surface area contributed by atoms with Crippen LogP contribution in [0.3, 0.4) is 0 Å². The van der Waals surface area contributed by atoms with Crippen LogP contribution in [0.15, 0.2) is 66.1 Å². The third-order valence-electron chi connectivity index (χ3n) is 6.44. The van der Waals surface area contributed by atoms with Gasteiger partial charge >= 0.3 is 0 Å². The molecule has 1 aliphatic heterocycles. The molecule has 0 saturated carbocycles. The molecule has 9 nitrogen and oxygen atoms in total. The first-order chi connectivity index (χ1) is 16.8. The van der Waals surface area contributed by atoms with Crippen LogP contribution in [-0.4, -0.2) is 54.5 Å². The van der Waals surface area contributed by atoms with Gasteiger partial charge in [-0.1, -0.05) is 12.1 Å². The molecule has 2 atom stereocenters. The Morgan fingerprint density at radius 2 is 1.94 bits per heavy atom. The Labute approximate surface area is 203 Å². The number of aromatic amines is 1. The second-order valence-electron chi connectivity index (χ2n) is 8.68. The number of hydrogen-bond acceptors (Lipinski definition) is 7. The second kappa shape index (κ2) is 9.23. The van der Waals surface area contributed by atoms with Crippen LogP contribution in [0.1, 0.15) is 24.9 Å². The van der Waals surface area contributed by atoms with E-state index in [2.05, 4.69) is 34.5 Å². The van der Waals surface area contributed by atoms with E-state index >= 15 is 0 Å². The van der Waals surface area contributed by atoms with Gasteiger partial charge in [0.05, 0.1) is 5.39 Å². The van der Waals surface area contributed by atoms with Gasteiger partial charge in [-0.3, -0.25) is 0 Å². The van der Waals surface area contributed by atoms with Crippen molar-refractivity contribution in [1.82, 2.24) is 24.7 Å². The van der Waals surface area contributed by atoms with Crippen molar-refractivity contribution in [3.63, 3.8) is 0 Å². The van der Waals surface area contributed by atoms with Crippen LogP contribution in [0.25, 0.3) is 11.0 Å². The minimum atomic E-state index is -3.79. The van der Waals surface area contributed by atoms with E-state index in [9.17, 15) is 12.8 Å². The van der Waals surface area contributed by atoms with Crippen LogP contribution in [0.5, 0.6) is 0 Å². The van der Waals surface area contributed by atoms with Gasteiger partial charge in [-0.15, -0.1) is 0 Å². The first kappa shape index (κ1) is 23.2. The number of hydrogen-bond donors (Lipinski definition) is 2. The zero-order valence-electron chi connectivity index (χ0n) is 19.4. The minimum absolute atomic E-state index is 0.0764. The molecule has 0 radical (unpaired) electrons. The van der Waals surface area contributed by atoms with Crippen molar-refractivity contribution >= 4 is 32.7 Å². The summed E-state index contributed by atoms with van der Waals surface area (Å²) in [5, 5.41) is 0.992. The normalized spacial score (nSPS) is 17.1. The fraction of sp³-hybridized carbons (Fsp3) is 0.292. The maximum atomic E-state index is 13.2. The van der Waals surface area contributed by atoms with Crippen molar-refractivity contribution in [2.45, 2.75) is 30.3 Å². The molecule has 1 aliphatic rings. The Morgan fingerprint density at radius 3 is 2.69 bits per heavy atom. The quantitative estimate of drug-likeness (QED) is 0.405. The highest BCUT2D eigenvalue weighted by molar-refractivity contribution is 7.89. The molecule has 11 heteroatoms. The molecule has 3 aromatic heterocycles. The number of nitrogens with zero attached hydrogens (tertiary/aromatic N) is 5. The molecule has 1 aromatic carbocycles. The Balaban J connectivity index is 1.26. The average molecular weight is 496 g/mol. The summed E-state index contributed by atoms with van der Waals surface area (Å²) in [6.07, 6.45) is 5.71. The summed E-state index contributed by atoms with van der Waals surface area (Å²) in [5.74, 6) is 1.23. The molecular formula is C24H26FN7O2S. The smallest absolute Gasteiger partial charge is 0.242 e. The fourth-order valence-corrected chi connectivity index (χ4v) is 5.58. The number of anilines is 2. The van der Waals surface area contributed by atoms with E-state index in [1.807, 2.05) is 19.3 Å². The number of H-pyrrole nitrogens is 1. The predicted molar refractivity (Wildman–Crippen MR) is 132 cm³/mol. The van der Waals surface area contributed by atoms with Gasteiger partial charge in [0.25, 0.3) is 0 Å². The van der Waals surface area contributed by atoms with Crippen LogP contribution >= 0.6 is 0 Å². The lowest BCUT2D eigenvalue weighted by Gasteiger charge is -2.26. The summed E-state index contributed by atoms with van der Waals surface area (Å²) < 4.78 is 41.5. The number of nitrogens with one attached hydrogen (secondary N) is 2. The molecule has 0 unspecified atom stereocenters. The number of benzene rings is 1. The summed E-state index contributed by atoms with van der Waals surface area (Å²) in [6.45, 7) is 3.33. The summed E-state index contributed by atoms with van der Waals surface area (Å²) >= 11 is 0. The molecule has 0 aliphatic carbocycles. The third-order valence-corrected chi connectivity index (χ3v) is 7.96. The molecule has 1 saturated heterocycles. The number of fused-ring (bicyclic) bond motifs is 1. The van der Waals surface area contributed by atoms with Crippen molar-refractivity contribution in [2.75, 3.05) is 29.9 Å². The average Bonchev–Trinajstić information content (AvgIpc) is 3.54. The SMILES string of the molecule is C[C@@H](NS(=O)(=O)c1ccc(N(C)[C@@H]2CCN(c3ncnc4[nH]ccc34)C2)nc1)c1ccc(F)cc1. The summed E-state index contributed by atoms with van der Waals surface area (Å²) in [4.78, 5) is 20.7. The number of halogens is 1. The van der Waals surface area contributed by atoms with Crippen molar-refractivity contribution in [1.29, 1.82) is 0 Å². The number of rotatable bonds is 7. The van der Waals surface area contributed by atoms with Gasteiger partial charge in [0.2, 0.25) is 10.0 Å². The van der Waals surface area contributed by atoms with Crippen LogP contribution in [0.4, 0.5) is 16.0 Å². The van der Waals surface area contributed by atoms with Gasteiger partial charge in [0, 0.05) is 44.6 Å². The molecular weight excluding hydrogens is 469 g/mol. The molecule has 0 bridgehead atoms. The number of sulfonamides is 1. The molecule has 182 valence electrons. The summed E-state index contributed by atoms with van der Waals surface area (Å²) in [7, 11) is -1.83. The number of aromatic nitrogens is 4. The van der Waals surface area contributed by atoms with Crippen LogP contribution < -0.4 is 14.5 Å². The summed E-state index contributed by atoms with van der Waals surface area (Å²) in [6, 6.07) is 10.7. The highest BCUT2D eigenvalue weighted by Crippen LogP contribution is 2.28. The van der Waals surface area contributed by atoms with Gasteiger partial charge in [0.1, 0.15) is 34.3 Å². The van der Waals surface area contributed by atoms with Gasteiger partial charge < -0.3 is 14.8 Å². The fourth-order valence-electron chi connectivity index (χ4n) is 4.41. The topological polar surface area (TPSA) is 107 Å². The second-order valence-corrected chi connectivity index (χ2v) is 10.4. The van der Waals surface area contributed by atoms with Crippen molar-refractivity contribution < 1.29 is 12.8 Å². The number of pyridine rings is 1. The minimum Gasteiger partial charge on any atom is -0.355 e. The molecule has 35 heavy (non-hydrogen) atoms. The molecule has 0 amide bonds. The Bertz CT molecular complexity index is 1420. The monoisotopic (exact) mass is 495 g/mol. The van der Waals surface area contributed by atoms with Crippen LogP contribution in [0.2, 0.25) is 0 Å². The van der Waals surface area contributed by atoms with E-state index in [4.69, 9.17) is 0 Å². The van der Waals surface area contributed by atoms with Gasteiger partial charge in [-0.25, -0.2) is 32.5 Å². The largest absolute Gasteiger partial charge is 0.355 e. The lowest BCUT2D eigenvalue weighted by atomic mass is 10.1. The molecule has 1 fully saturated rings. The Hall–Kier alpha value is -3.57. The molecule has 0 spiro atoms. The van der Waals surface area contributed by atoms with Crippen molar-refractivity contribution in [3.8, 4) is 0 Å². The number of likely N-dealkylation sites (N-methyl/N-ethyl adjacent to an activating group) is 1. The standard InChI is InChI=1S/C24H26FN7O2S/c1-16(17-3-5-18(25)6-4-17)30-35(33,34)20-7-8-22(27-13-20)31(2)19-10-12-32(14-19)24-21-9-11-26-23(21)28-15-29-24/h3-9,11,13,15-16,19,30H,10,12,14H2,1-2H3,(H,26,28,29)/t16-,19-/m1/s1. The first-order valence-corrected chi connectivity index (χ1v) is 12.8. The van der Waals surface area contributed by atoms with E-state index in [-0.39, 0.29) is 16.8 Å². The first-order valence-electron chi connectivity index (χ1n) is 11.3. The third kappa shape index (κ3) is 4.69. The van der Waals surface area contributed by atoms with E-state index in [1.54, 1.807) is 37.5 Å². The zero-order chi connectivity index (χ0) is 24.6.